The van der Waals surface area contributed by atoms with Gasteiger partial charge in [-0.3, -0.25) is 10.1 Å². The summed E-state index contributed by atoms with van der Waals surface area (Å²) in [5, 5.41) is 11.7. The number of nitro groups is 1. The van der Waals surface area contributed by atoms with E-state index >= 15 is 0 Å². The second kappa shape index (κ2) is 4.32. The Morgan fingerprint density at radius 1 is 1.44 bits per heavy atom. The molecule has 0 aliphatic heterocycles. The molecule has 84 valence electrons. The molecule has 0 aliphatic carbocycles. The summed E-state index contributed by atoms with van der Waals surface area (Å²) in [6.07, 6.45) is 3.91. The minimum Gasteiger partial charge on any atom is -0.361 e. The summed E-state index contributed by atoms with van der Waals surface area (Å²) in [7, 11) is 0. The summed E-state index contributed by atoms with van der Waals surface area (Å²) < 4.78 is 0. The first-order chi connectivity index (χ1) is 7.72. The Hall–Kier alpha value is -1.88. The average molecular weight is 220 g/mol. The summed E-state index contributed by atoms with van der Waals surface area (Å²) in [4.78, 5) is 13.3. The van der Waals surface area contributed by atoms with E-state index < -0.39 is 0 Å². The predicted molar refractivity (Wildman–Crippen MR) is 61.0 cm³/mol. The molecule has 0 spiro atoms. The second-order valence-corrected chi connectivity index (χ2v) is 3.76. The zero-order valence-corrected chi connectivity index (χ0v) is 8.90. The number of hydrogen-bond acceptors (Lipinski definition) is 2. The Kier molecular flexibility index (Phi) is 2.87. The smallest absolute Gasteiger partial charge is 0.271 e. The van der Waals surface area contributed by atoms with Crippen LogP contribution in [-0.2, 0) is 6.42 Å². The van der Waals surface area contributed by atoms with Crippen molar-refractivity contribution in [2.45, 2.75) is 12.8 Å². The molecule has 0 radical (unpaired) electrons. The maximum Gasteiger partial charge on any atom is 0.271 e. The van der Waals surface area contributed by atoms with Gasteiger partial charge < -0.3 is 10.7 Å². The predicted octanol–water partition coefficient (Wildman–Crippen LogP) is 1.25. The zero-order chi connectivity index (χ0) is 11.5. The minimum atomic E-state index is -0.379. The van der Waals surface area contributed by atoms with Crippen LogP contribution in [0.15, 0.2) is 24.4 Å². The molecule has 0 atom stereocenters. The molecule has 0 bridgehead atoms. The van der Waals surface area contributed by atoms with Crippen LogP contribution in [0.25, 0.3) is 10.9 Å². The Labute approximate surface area is 92.4 Å². The standard InChI is InChI=1S/C11H13N3O2/c12-5-1-2-8-7-13-11-6-9(14(15)16)3-4-10(8)11/h3-4,6-7,13H,1-2,5,12H2/p+1. The van der Waals surface area contributed by atoms with E-state index in [1.54, 1.807) is 12.1 Å². The third kappa shape index (κ3) is 1.90. The zero-order valence-electron chi connectivity index (χ0n) is 8.90. The number of rotatable bonds is 4. The molecular weight excluding hydrogens is 206 g/mol. The highest BCUT2D eigenvalue weighted by Gasteiger charge is 2.09. The van der Waals surface area contributed by atoms with E-state index in [1.165, 1.54) is 5.56 Å². The maximum atomic E-state index is 10.6. The number of nitrogens with zero attached hydrogens (tertiary/aromatic N) is 1. The molecule has 0 saturated carbocycles. The fourth-order valence-corrected chi connectivity index (χ4v) is 1.81. The van der Waals surface area contributed by atoms with Crippen LogP contribution in [0.3, 0.4) is 0 Å². The van der Waals surface area contributed by atoms with Crippen molar-refractivity contribution in [2.75, 3.05) is 6.54 Å². The number of nitrogens with one attached hydrogen (secondary N) is 1. The third-order valence-corrected chi connectivity index (χ3v) is 2.66. The van der Waals surface area contributed by atoms with Gasteiger partial charge in [-0.05, 0) is 18.1 Å². The van der Waals surface area contributed by atoms with Crippen LogP contribution in [0.1, 0.15) is 12.0 Å². The molecule has 5 nitrogen and oxygen atoms in total. The van der Waals surface area contributed by atoms with Gasteiger partial charge in [0.05, 0.1) is 17.0 Å². The normalized spacial score (nSPS) is 10.8. The first kappa shape index (κ1) is 10.6. The quantitative estimate of drug-likeness (QED) is 0.600. The monoisotopic (exact) mass is 220 g/mol. The molecular formula is C11H14N3O2+. The SMILES string of the molecule is [NH3+]CCCc1c[nH]c2cc([N+](=O)[O-])ccc12. The lowest BCUT2D eigenvalue weighted by atomic mass is 10.1. The molecule has 4 N–H and O–H groups in total. The molecule has 0 fully saturated rings. The van der Waals surface area contributed by atoms with Gasteiger partial charge in [0, 0.05) is 30.1 Å². The van der Waals surface area contributed by atoms with Gasteiger partial charge in [0.1, 0.15) is 0 Å². The first-order valence-electron chi connectivity index (χ1n) is 5.26. The van der Waals surface area contributed by atoms with Gasteiger partial charge in [-0.1, -0.05) is 0 Å². The number of benzene rings is 1. The van der Waals surface area contributed by atoms with Crippen LogP contribution in [0, 0.1) is 10.1 Å². The van der Waals surface area contributed by atoms with Crippen molar-refractivity contribution >= 4 is 16.6 Å². The Morgan fingerprint density at radius 2 is 2.25 bits per heavy atom. The highest BCUT2D eigenvalue weighted by molar-refractivity contribution is 5.85. The van der Waals surface area contributed by atoms with Gasteiger partial charge in [-0.2, -0.15) is 0 Å². The second-order valence-electron chi connectivity index (χ2n) is 3.76. The van der Waals surface area contributed by atoms with E-state index in [0.717, 1.165) is 30.3 Å². The van der Waals surface area contributed by atoms with Crippen molar-refractivity contribution in [3.05, 3.63) is 40.1 Å². The minimum absolute atomic E-state index is 0.123. The summed E-state index contributed by atoms with van der Waals surface area (Å²) in [6, 6.07) is 4.93. The summed E-state index contributed by atoms with van der Waals surface area (Å²) in [5.74, 6) is 0. The molecule has 0 amide bonds. The third-order valence-electron chi connectivity index (χ3n) is 2.66. The number of non-ortho nitro benzene ring substituents is 1. The number of nitro benzene ring substituents is 1. The van der Waals surface area contributed by atoms with Gasteiger partial charge in [-0.25, -0.2) is 0 Å². The van der Waals surface area contributed by atoms with E-state index in [0.29, 0.717) is 0 Å². The molecule has 2 rings (SSSR count). The van der Waals surface area contributed by atoms with E-state index in [2.05, 4.69) is 10.7 Å². The maximum absolute atomic E-state index is 10.6. The van der Waals surface area contributed by atoms with Crippen molar-refractivity contribution < 1.29 is 10.7 Å². The fraction of sp³-hybridized carbons (Fsp3) is 0.273. The molecule has 0 saturated heterocycles. The van der Waals surface area contributed by atoms with E-state index in [4.69, 9.17) is 0 Å². The van der Waals surface area contributed by atoms with Crippen molar-refractivity contribution in [2.24, 2.45) is 0 Å². The molecule has 5 heteroatoms. The van der Waals surface area contributed by atoms with E-state index in [9.17, 15) is 10.1 Å². The topological polar surface area (TPSA) is 86.6 Å². The molecule has 2 aromatic rings. The van der Waals surface area contributed by atoms with Crippen LogP contribution in [0.5, 0.6) is 0 Å². The molecule has 0 aliphatic rings. The molecule has 1 aromatic heterocycles. The average Bonchev–Trinajstić information content (AvgIpc) is 2.68. The number of fused-ring (bicyclic) bond motifs is 1. The lowest BCUT2D eigenvalue weighted by molar-refractivity contribution is -0.384. The number of aromatic nitrogens is 1. The molecule has 1 aromatic carbocycles. The molecule has 0 unspecified atom stereocenters. The van der Waals surface area contributed by atoms with Crippen LogP contribution >= 0.6 is 0 Å². The number of H-pyrrole nitrogens is 1. The fourth-order valence-electron chi connectivity index (χ4n) is 1.81. The van der Waals surface area contributed by atoms with Crippen molar-refractivity contribution in [3.8, 4) is 0 Å². The van der Waals surface area contributed by atoms with Crippen molar-refractivity contribution in [3.63, 3.8) is 0 Å². The molecule has 1 heterocycles. The van der Waals surface area contributed by atoms with Gasteiger partial charge in [0.15, 0.2) is 0 Å². The Balaban J connectivity index is 2.38. The summed E-state index contributed by atoms with van der Waals surface area (Å²) in [6.45, 7) is 0.902. The van der Waals surface area contributed by atoms with Gasteiger partial charge in [-0.15, -0.1) is 0 Å². The van der Waals surface area contributed by atoms with Gasteiger partial charge in [0.25, 0.3) is 5.69 Å². The van der Waals surface area contributed by atoms with Crippen molar-refractivity contribution in [1.82, 2.24) is 4.98 Å². The lowest BCUT2D eigenvalue weighted by Gasteiger charge is -1.96. The molecule has 16 heavy (non-hydrogen) atoms. The highest BCUT2D eigenvalue weighted by atomic mass is 16.6. The van der Waals surface area contributed by atoms with Gasteiger partial charge in [0.2, 0.25) is 0 Å². The van der Waals surface area contributed by atoms with Crippen molar-refractivity contribution in [1.29, 1.82) is 0 Å². The summed E-state index contributed by atoms with van der Waals surface area (Å²) in [5.41, 5.74) is 5.96. The van der Waals surface area contributed by atoms with Crippen LogP contribution < -0.4 is 5.73 Å². The highest BCUT2D eigenvalue weighted by Crippen LogP contribution is 2.23. The van der Waals surface area contributed by atoms with Crippen LogP contribution in [0.2, 0.25) is 0 Å². The summed E-state index contributed by atoms with van der Waals surface area (Å²) >= 11 is 0. The van der Waals surface area contributed by atoms with E-state index in [1.807, 2.05) is 12.3 Å². The van der Waals surface area contributed by atoms with Crippen LogP contribution in [-0.4, -0.2) is 16.5 Å². The number of aromatic amines is 1. The van der Waals surface area contributed by atoms with E-state index in [-0.39, 0.29) is 10.6 Å². The number of aryl methyl sites for hydroxylation is 1. The largest absolute Gasteiger partial charge is 0.361 e. The lowest BCUT2D eigenvalue weighted by Crippen LogP contribution is -2.50. The van der Waals surface area contributed by atoms with Crippen LogP contribution in [0.4, 0.5) is 5.69 Å². The first-order valence-corrected chi connectivity index (χ1v) is 5.26. The Morgan fingerprint density at radius 3 is 2.94 bits per heavy atom. The Bertz CT molecular complexity index is 519. The number of hydrogen-bond donors (Lipinski definition) is 2. The number of quaternary nitrogens is 1. The van der Waals surface area contributed by atoms with Gasteiger partial charge >= 0.3 is 0 Å².